The summed E-state index contributed by atoms with van der Waals surface area (Å²) in [4.78, 5) is 4.05. The lowest BCUT2D eigenvalue weighted by atomic mass is 10.2. The van der Waals surface area contributed by atoms with E-state index >= 15 is 0 Å². The fraction of sp³-hybridized carbons (Fsp3) is 0.0667. The Kier molecular flexibility index (Phi) is 4.17. The Labute approximate surface area is 116 Å². The zero-order valence-electron chi connectivity index (χ0n) is 10.3. The number of ether oxygens (including phenoxy) is 1. The lowest BCUT2D eigenvalue weighted by Crippen LogP contribution is -1.91. The van der Waals surface area contributed by atoms with Crippen molar-refractivity contribution >= 4 is 17.7 Å². The van der Waals surface area contributed by atoms with Crippen molar-refractivity contribution in [2.45, 2.75) is 6.92 Å². The van der Waals surface area contributed by atoms with Crippen LogP contribution in [0.3, 0.4) is 0 Å². The zero-order chi connectivity index (χ0) is 13.7. The average Bonchev–Trinajstić information content (AvgIpc) is 2.40. The number of allylic oxidation sites excluding steroid dienone is 1. The van der Waals surface area contributed by atoms with Crippen LogP contribution in [0.25, 0.3) is 6.08 Å². The van der Waals surface area contributed by atoms with Gasteiger partial charge in [-0.1, -0.05) is 42.0 Å². The van der Waals surface area contributed by atoms with Crippen molar-refractivity contribution in [1.29, 1.82) is 5.26 Å². The Hall–Kier alpha value is -2.31. The van der Waals surface area contributed by atoms with Crippen LogP contribution in [0.5, 0.6) is 11.6 Å². The summed E-state index contributed by atoms with van der Waals surface area (Å²) >= 11 is 5.84. The minimum Gasteiger partial charge on any atom is -0.438 e. The predicted molar refractivity (Wildman–Crippen MR) is 75.2 cm³/mol. The van der Waals surface area contributed by atoms with Crippen molar-refractivity contribution in [2.24, 2.45) is 0 Å². The molecule has 0 atom stereocenters. The molecule has 0 amide bonds. The lowest BCUT2D eigenvalue weighted by molar-refractivity contribution is 0.462. The van der Waals surface area contributed by atoms with Gasteiger partial charge in [0.15, 0.2) is 0 Å². The van der Waals surface area contributed by atoms with Gasteiger partial charge in [0.1, 0.15) is 10.9 Å². The van der Waals surface area contributed by atoms with E-state index in [2.05, 4.69) is 4.98 Å². The fourth-order valence-corrected chi connectivity index (χ4v) is 1.79. The van der Waals surface area contributed by atoms with Gasteiger partial charge >= 0.3 is 0 Å². The highest BCUT2D eigenvalue weighted by Crippen LogP contribution is 2.26. The van der Waals surface area contributed by atoms with Crippen molar-refractivity contribution < 1.29 is 4.74 Å². The van der Waals surface area contributed by atoms with E-state index in [4.69, 9.17) is 21.6 Å². The van der Waals surface area contributed by atoms with E-state index in [9.17, 15) is 0 Å². The highest BCUT2D eigenvalue weighted by molar-refractivity contribution is 6.29. The van der Waals surface area contributed by atoms with Crippen LogP contribution in [0.1, 0.15) is 18.1 Å². The van der Waals surface area contributed by atoms with E-state index < -0.39 is 0 Å². The molecule has 0 aliphatic rings. The summed E-state index contributed by atoms with van der Waals surface area (Å²) in [6, 6.07) is 12.6. The molecule has 1 aromatic carbocycles. The van der Waals surface area contributed by atoms with Crippen molar-refractivity contribution in [1.82, 2.24) is 4.98 Å². The number of nitriles is 1. The normalized spacial score (nSPS) is 10.4. The lowest BCUT2D eigenvalue weighted by Gasteiger charge is -2.08. The molecular formula is C15H11ClN2O. The second-order valence-electron chi connectivity index (χ2n) is 3.77. The van der Waals surface area contributed by atoms with Crippen molar-refractivity contribution in [3.8, 4) is 17.7 Å². The second kappa shape index (κ2) is 6.03. The van der Waals surface area contributed by atoms with Gasteiger partial charge < -0.3 is 4.74 Å². The van der Waals surface area contributed by atoms with E-state index in [-0.39, 0.29) is 5.15 Å². The van der Waals surface area contributed by atoms with Gasteiger partial charge in [0, 0.05) is 11.6 Å². The molecule has 0 aliphatic heterocycles. The summed E-state index contributed by atoms with van der Waals surface area (Å²) in [5, 5.41) is 9.12. The molecule has 94 valence electrons. The molecule has 0 aliphatic carbocycles. The highest BCUT2D eigenvalue weighted by Gasteiger charge is 2.06. The van der Waals surface area contributed by atoms with Crippen LogP contribution < -0.4 is 4.74 Å². The Morgan fingerprint density at radius 3 is 2.84 bits per heavy atom. The average molecular weight is 271 g/mol. The number of aromatic nitrogens is 1. The Morgan fingerprint density at radius 1 is 1.32 bits per heavy atom. The third-order valence-electron chi connectivity index (χ3n) is 2.38. The monoisotopic (exact) mass is 270 g/mol. The molecule has 0 bridgehead atoms. The quantitative estimate of drug-likeness (QED) is 0.775. The number of benzene rings is 1. The summed E-state index contributed by atoms with van der Waals surface area (Å²) in [6.45, 7) is 1.93. The number of hydrogen-bond donors (Lipinski definition) is 0. The van der Waals surface area contributed by atoms with Crippen molar-refractivity contribution in [2.75, 3.05) is 0 Å². The first-order valence-corrected chi connectivity index (χ1v) is 6.08. The molecule has 0 saturated carbocycles. The van der Waals surface area contributed by atoms with Gasteiger partial charge in [0.25, 0.3) is 0 Å². The Morgan fingerprint density at radius 2 is 2.11 bits per heavy atom. The van der Waals surface area contributed by atoms with Gasteiger partial charge in [0.05, 0.1) is 11.6 Å². The predicted octanol–water partition coefficient (Wildman–Crippen LogP) is 4.43. The summed E-state index contributed by atoms with van der Waals surface area (Å²) in [7, 11) is 0. The summed E-state index contributed by atoms with van der Waals surface area (Å²) in [5.74, 6) is 0.972. The molecule has 0 N–H and O–H groups in total. The molecule has 0 saturated heterocycles. The molecule has 2 aromatic rings. The molecule has 1 aromatic heterocycles. The van der Waals surface area contributed by atoms with Gasteiger partial charge in [-0.05, 0) is 19.1 Å². The molecule has 0 fully saturated rings. The van der Waals surface area contributed by atoms with E-state index in [0.29, 0.717) is 17.2 Å². The summed E-state index contributed by atoms with van der Waals surface area (Å²) < 4.78 is 5.69. The SMILES string of the molecule is C/C=C/c1ccccc1Oc1cc(C#N)cc(Cl)n1. The van der Waals surface area contributed by atoms with E-state index in [0.717, 1.165) is 5.56 Å². The smallest absolute Gasteiger partial charge is 0.221 e. The molecule has 19 heavy (non-hydrogen) atoms. The van der Waals surface area contributed by atoms with Crippen LogP contribution in [0, 0.1) is 11.3 Å². The number of hydrogen-bond acceptors (Lipinski definition) is 3. The van der Waals surface area contributed by atoms with Gasteiger partial charge in [-0.2, -0.15) is 5.26 Å². The fourth-order valence-electron chi connectivity index (χ4n) is 1.59. The molecule has 0 spiro atoms. The molecule has 0 radical (unpaired) electrons. The first-order valence-electron chi connectivity index (χ1n) is 5.70. The first-order chi connectivity index (χ1) is 9.22. The molecule has 4 heteroatoms. The number of nitrogens with zero attached hydrogens (tertiary/aromatic N) is 2. The van der Waals surface area contributed by atoms with E-state index in [1.54, 1.807) is 6.07 Å². The highest BCUT2D eigenvalue weighted by atomic mass is 35.5. The van der Waals surface area contributed by atoms with Crippen LogP contribution in [-0.4, -0.2) is 4.98 Å². The topological polar surface area (TPSA) is 45.9 Å². The molecule has 3 nitrogen and oxygen atoms in total. The minimum absolute atomic E-state index is 0.234. The molecule has 1 heterocycles. The van der Waals surface area contributed by atoms with Crippen LogP contribution in [0.2, 0.25) is 5.15 Å². The van der Waals surface area contributed by atoms with Crippen LogP contribution in [-0.2, 0) is 0 Å². The molecule has 2 rings (SSSR count). The van der Waals surface area contributed by atoms with Crippen LogP contribution in [0.4, 0.5) is 0 Å². The van der Waals surface area contributed by atoms with Gasteiger partial charge in [0.2, 0.25) is 5.88 Å². The maximum absolute atomic E-state index is 8.89. The Bertz CT molecular complexity index is 659. The third kappa shape index (κ3) is 3.34. The van der Waals surface area contributed by atoms with E-state index in [1.165, 1.54) is 6.07 Å². The maximum Gasteiger partial charge on any atom is 0.221 e. The summed E-state index contributed by atoms with van der Waals surface area (Å²) in [5.41, 5.74) is 1.35. The van der Waals surface area contributed by atoms with E-state index in [1.807, 2.05) is 49.4 Å². The number of para-hydroxylation sites is 1. The van der Waals surface area contributed by atoms with Crippen LogP contribution >= 0.6 is 11.6 Å². The van der Waals surface area contributed by atoms with Gasteiger partial charge in [-0.15, -0.1) is 0 Å². The minimum atomic E-state index is 0.234. The maximum atomic E-state index is 8.89. The number of halogens is 1. The summed E-state index contributed by atoms with van der Waals surface area (Å²) in [6.07, 6.45) is 3.86. The second-order valence-corrected chi connectivity index (χ2v) is 4.16. The number of rotatable bonds is 3. The molecule has 0 unspecified atom stereocenters. The Balaban J connectivity index is 2.36. The zero-order valence-corrected chi connectivity index (χ0v) is 11.1. The van der Waals surface area contributed by atoms with Crippen molar-refractivity contribution in [3.63, 3.8) is 0 Å². The number of pyridine rings is 1. The van der Waals surface area contributed by atoms with Gasteiger partial charge in [-0.3, -0.25) is 0 Å². The third-order valence-corrected chi connectivity index (χ3v) is 2.57. The van der Waals surface area contributed by atoms with Crippen LogP contribution in [0.15, 0.2) is 42.5 Å². The standard InChI is InChI=1S/C15H11ClN2O/c1-2-5-12-6-3-4-7-13(12)19-15-9-11(10-17)8-14(16)18-15/h2-9H,1H3/b5-2+. The van der Waals surface area contributed by atoms with Gasteiger partial charge in [-0.25, -0.2) is 4.98 Å². The largest absolute Gasteiger partial charge is 0.438 e. The molecular weight excluding hydrogens is 260 g/mol. The van der Waals surface area contributed by atoms with Crippen molar-refractivity contribution in [3.05, 3.63) is 58.8 Å². The first kappa shape index (κ1) is 13.1.